The summed E-state index contributed by atoms with van der Waals surface area (Å²) in [5, 5.41) is 3.35. The molecule has 122 valence electrons. The predicted molar refractivity (Wildman–Crippen MR) is 95.0 cm³/mol. The fourth-order valence-corrected chi connectivity index (χ4v) is 3.88. The van der Waals surface area contributed by atoms with E-state index in [0.717, 1.165) is 36.7 Å². The van der Waals surface area contributed by atoms with Crippen molar-refractivity contribution in [1.82, 2.24) is 4.90 Å². The number of nitrogens with one attached hydrogen (secondary N) is 1. The molecule has 2 amide bonds. The summed E-state index contributed by atoms with van der Waals surface area (Å²) in [6.07, 6.45) is 2.63. The van der Waals surface area contributed by atoms with E-state index in [1.165, 1.54) is 11.1 Å². The molecule has 1 N–H and O–H groups in total. The number of urea groups is 1. The number of anilines is 1. The number of carbonyl (C=O) groups excluding carboxylic acids is 1. The van der Waals surface area contributed by atoms with E-state index >= 15 is 0 Å². The molecule has 0 spiro atoms. The van der Waals surface area contributed by atoms with E-state index in [-0.39, 0.29) is 6.03 Å². The molecule has 1 aromatic carbocycles. The molecule has 1 aromatic heterocycles. The van der Waals surface area contributed by atoms with Gasteiger partial charge in [0.25, 0.3) is 0 Å². The molecule has 1 saturated heterocycles. The molecule has 1 atom stereocenters. The van der Waals surface area contributed by atoms with Gasteiger partial charge >= 0.3 is 6.03 Å². The Kier molecular flexibility index (Phi) is 4.96. The van der Waals surface area contributed by atoms with Crippen molar-refractivity contribution >= 4 is 23.5 Å². The Hall–Kier alpha value is -1.88. The van der Waals surface area contributed by atoms with Crippen LogP contribution in [0.25, 0.3) is 0 Å². The largest absolute Gasteiger partial charge is 0.468 e. The second-order valence-corrected chi connectivity index (χ2v) is 7.19. The lowest BCUT2D eigenvalue weighted by molar-refractivity contribution is 0.214. The number of benzene rings is 1. The van der Waals surface area contributed by atoms with Crippen LogP contribution in [0.2, 0.25) is 0 Å². The smallest absolute Gasteiger partial charge is 0.321 e. The lowest BCUT2D eigenvalue weighted by atomic mass is 10.1. The molecule has 0 aliphatic carbocycles. The van der Waals surface area contributed by atoms with Gasteiger partial charge < -0.3 is 14.6 Å². The van der Waals surface area contributed by atoms with Crippen LogP contribution < -0.4 is 5.32 Å². The third kappa shape index (κ3) is 3.91. The monoisotopic (exact) mass is 330 g/mol. The van der Waals surface area contributed by atoms with Crippen LogP contribution in [0, 0.1) is 13.8 Å². The maximum atomic E-state index is 12.5. The Labute approximate surface area is 141 Å². The summed E-state index contributed by atoms with van der Waals surface area (Å²) in [5.41, 5.74) is 3.28. The van der Waals surface area contributed by atoms with Gasteiger partial charge in [0.05, 0.1) is 11.5 Å². The van der Waals surface area contributed by atoms with Crippen molar-refractivity contribution in [3.8, 4) is 0 Å². The molecule has 4 nitrogen and oxygen atoms in total. The van der Waals surface area contributed by atoms with Crippen LogP contribution in [-0.4, -0.2) is 29.8 Å². The van der Waals surface area contributed by atoms with Crippen molar-refractivity contribution in [1.29, 1.82) is 0 Å². The van der Waals surface area contributed by atoms with E-state index in [1.54, 1.807) is 6.26 Å². The number of hydrogen-bond acceptors (Lipinski definition) is 3. The lowest BCUT2D eigenvalue weighted by Crippen LogP contribution is -2.36. The quantitative estimate of drug-likeness (QED) is 0.874. The standard InChI is InChI=1S/C18H22N2O2S/c1-13-5-6-15(12-14(13)2)19-18(21)20-8-7-17(23-11-9-20)16-4-3-10-22-16/h3-6,10,12,17H,7-9,11H2,1-2H3,(H,19,21). The summed E-state index contributed by atoms with van der Waals surface area (Å²) in [5.74, 6) is 1.93. The van der Waals surface area contributed by atoms with E-state index in [4.69, 9.17) is 4.42 Å². The maximum Gasteiger partial charge on any atom is 0.321 e. The molecule has 23 heavy (non-hydrogen) atoms. The molecular formula is C18H22N2O2S. The average Bonchev–Trinajstić information content (AvgIpc) is 2.95. The average molecular weight is 330 g/mol. The van der Waals surface area contributed by atoms with Crippen LogP contribution in [0.1, 0.15) is 28.6 Å². The number of nitrogens with zero attached hydrogens (tertiary/aromatic N) is 1. The minimum atomic E-state index is -0.0195. The number of thioether (sulfide) groups is 1. The van der Waals surface area contributed by atoms with Gasteiger partial charge in [0.1, 0.15) is 5.76 Å². The summed E-state index contributed by atoms with van der Waals surface area (Å²) in [6, 6.07) is 9.93. The summed E-state index contributed by atoms with van der Waals surface area (Å²) >= 11 is 1.86. The Morgan fingerprint density at radius 3 is 2.87 bits per heavy atom. The van der Waals surface area contributed by atoms with Gasteiger partial charge in [-0.3, -0.25) is 0 Å². The summed E-state index contributed by atoms with van der Waals surface area (Å²) in [7, 11) is 0. The highest BCUT2D eigenvalue weighted by molar-refractivity contribution is 7.99. The van der Waals surface area contributed by atoms with Crippen molar-refractivity contribution < 1.29 is 9.21 Å². The molecule has 3 rings (SSSR count). The van der Waals surface area contributed by atoms with E-state index in [9.17, 15) is 4.79 Å². The zero-order valence-corrected chi connectivity index (χ0v) is 14.4. The van der Waals surface area contributed by atoms with Gasteiger partial charge in [-0.25, -0.2) is 4.79 Å². The summed E-state index contributed by atoms with van der Waals surface area (Å²) in [4.78, 5) is 14.4. The van der Waals surface area contributed by atoms with Crippen molar-refractivity contribution in [2.45, 2.75) is 25.5 Å². The van der Waals surface area contributed by atoms with Gasteiger partial charge in [-0.1, -0.05) is 6.07 Å². The first-order valence-corrected chi connectivity index (χ1v) is 8.96. The highest BCUT2D eigenvalue weighted by atomic mass is 32.2. The fraction of sp³-hybridized carbons (Fsp3) is 0.389. The van der Waals surface area contributed by atoms with Gasteiger partial charge in [0.15, 0.2) is 0 Å². The van der Waals surface area contributed by atoms with Gasteiger partial charge in [0.2, 0.25) is 0 Å². The predicted octanol–water partition coefficient (Wildman–Crippen LogP) is 4.61. The van der Waals surface area contributed by atoms with Gasteiger partial charge in [-0.15, -0.1) is 11.8 Å². The van der Waals surface area contributed by atoms with Crippen LogP contribution in [0.4, 0.5) is 10.5 Å². The molecule has 0 radical (unpaired) electrons. The van der Waals surface area contributed by atoms with E-state index in [1.807, 2.05) is 47.0 Å². The number of aryl methyl sites for hydroxylation is 2. The lowest BCUT2D eigenvalue weighted by Gasteiger charge is -2.21. The fourth-order valence-electron chi connectivity index (χ4n) is 2.70. The van der Waals surface area contributed by atoms with E-state index in [2.05, 4.69) is 19.2 Å². The summed E-state index contributed by atoms with van der Waals surface area (Å²) < 4.78 is 5.50. The third-order valence-electron chi connectivity index (χ3n) is 4.25. The third-order valence-corrected chi connectivity index (χ3v) is 5.54. The van der Waals surface area contributed by atoms with Crippen LogP contribution in [0.3, 0.4) is 0 Å². The van der Waals surface area contributed by atoms with Gasteiger partial charge in [-0.05, 0) is 55.7 Å². The molecule has 2 aromatic rings. The number of furan rings is 1. The van der Waals surface area contributed by atoms with Crippen LogP contribution in [-0.2, 0) is 0 Å². The Morgan fingerprint density at radius 1 is 1.26 bits per heavy atom. The minimum Gasteiger partial charge on any atom is -0.468 e. The van der Waals surface area contributed by atoms with Crippen molar-refractivity contribution in [2.75, 3.05) is 24.2 Å². The molecule has 1 unspecified atom stereocenters. The normalized spacial score (nSPS) is 18.5. The Morgan fingerprint density at radius 2 is 2.13 bits per heavy atom. The molecule has 1 aliphatic rings. The first-order chi connectivity index (χ1) is 11.1. The number of carbonyl (C=O) groups is 1. The number of amides is 2. The van der Waals surface area contributed by atoms with Crippen LogP contribution in [0.15, 0.2) is 41.0 Å². The molecular weight excluding hydrogens is 308 g/mol. The SMILES string of the molecule is Cc1ccc(NC(=O)N2CCSC(c3ccco3)CC2)cc1C. The zero-order chi connectivity index (χ0) is 16.2. The van der Waals surface area contributed by atoms with Crippen LogP contribution in [0.5, 0.6) is 0 Å². The minimum absolute atomic E-state index is 0.0195. The van der Waals surface area contributed by atoms with Crippen molar-refractivity contribution in [3.63, 3.8) is 0 Å². The molecule has 5 heteroatoms. The zero-order valence-electron chi connectivity index (χ0n) is 13.5. The second-order valence-electron chi connectivity index (χ2n) is 5.88. The number of rotatable bonds is 2. The van der Waals surface area contributed by atoms with Crippen molar-refractivity contribution in [3.05, 3.63) is 53.5 Å². The Balaban J connectivity index is 1.60. The molecule has 0 bridgehead atoms. The molecule has 1 fully saturated rings. The van der Waals surface area contributed by atoms with Gasteiger partial charge in [-0.2, -0.15) is 0 Å². The first kappa shape index (κ1) is 16.0. The molecule has 1 aliphatic heterocycles. The Bertz CT molecular complexity index is 670. The topological polar surface area (TPSA) is 45.5 Å². The second kappa shape index (κ2) is 7.13. The summed E-state index contributed by atoms with van der Waals surface area (Å²) in [6.45, 7) is 5.64. The molecule has 0 saturated carbocycles. The van der Waals surface area contributed by atoms with Crippen molar-refractivity contribution in [2.24, 2.45) is 0 Å². The van der Waals surface area contributed by atoms with Gasteiger partial charge in [0, 0.05) is 24.5 Å². The van der Waals surface area contributed by atoms with E-state index in [0.29, 0.717) is 5.25 Å². The maximum absolute atomic E-state index is 12.5. The molecule has 2 heterocycles. The van der Waals surface area contributed by atoms with E-state index < -0.39 is 0 Å². The first-order valence-electron chi connectivity index (χ1n) is 7.91. The van der Waals surface area contributed by atoms with Crippen LogP contribution >= 0.6 is 11.8 Å². The highest BCUT2D eigenvalue weighted by Crippen LogP contribution is 2.34. The number of hydrogen-bond donors (Lipinski definition) is 1. The highest BCUT2D eigenvalue weighted by Gasteiger charge is 2.23.